The van der Waals surface area contributed by atoms with E-state index in [1.54, 1.807) is 13.0 Å². The Kier molecular flexibility index (Phi) is 2.63. The molecule has 44 valence electrons. The molecule has 0 fully saturated rings. The van der Waals surface area contributed by atoms with E-state index in [-0.39, 0.29) is 0 Å². The molecule has 0 bridgehead atoms. The number of primary amides is 1. The summed E-state index contributed by atoms with van der Waals surface area (Å²) in [6.45, 7) is 1.75. The van der Waals surface area contributed by atoms with E-state index in [2.05, 4.69) is 0 Å². The summed E-state index contributed by atoms with van der Waals surface area (Å²) in [5, 5.41) is 8.15. The summed E-state index contributed by atoms with van der Waals surface area (Å²) in [6, 6.07) is 1.78. The molecule has 0 rings (SSSR count). The lowest BCUT2D eigenvalue weighted by atomic mass is 10.1. The second kappa shape index (κ2) is 3.03. The van der Waals surface area contributed by atoms with Gasteiger partial charge in [-0.05, 0) is 6.42 Å². The number of amides is 1. The Bertz CT molecular complexity index is 125. The van der Waals surface area contributed by atoms with Crippen molar-refractivity contribution in [3.63, 3.8) is 0 Å². The topological polar surface area (TPSA) is 66.9 Å². The third kappa shape index (κ3) is 1.61. The lowest BCUT2D eigenvalue weighted by Gasteiger charge is -1.94. The molecule has 0 aliphatic heterocycles. The number of hydrogen-bond donors (Lipinski definition) is 1. The number of hydrogen-bond acceptors (Lipinski definition) is 2. The van der Waals surface area contributed by atoms with Gasteiger partial charge < -0.3 is 5.73 Å². The molecule has 0 aromatic heterocycles. The second-order valence-corrected chi connectivity index (χ2v) is 1.49. The summed E-state index contributed by atoms with van der Waals surface area (Å²) in [5.41, 5.74) is 4.80. The maximum absolute atomic E-state index is 10.2. The Morgan fingerprint density at radius 2 is 2.50 bits per heavy atom. The third-order valence-electron chi connectivity index (χ3n) is 0.908. The van der Waals surface area contributed by atoms with Crippen LogP contribution in [0.5, 0.6) is 0 Å². The molecule has 0 radical (unpaired) electrons. The van der Waals surface area contributed by atoms with Crippen LogP contribution in [0.25, 0.3) is 0 Å². The van der Waals surface area contributed by atoms with Crippen LogP contribution in [0.15, 0.2) is 0 Å². The van der Waals surface area contributed by atoms with Gasteiger partial charge in [-0.15, -0.1) is 0 Å². The highest BCUT2D eigenvalue weighted by atomic mass is 16.1. The second-order valence-electron chi connectivity index (χ2n) is 1.49. The lowest BCUT2D eigenvalue weighted by molar-refractivity contribution is -0.120. The Morgan fingerprint density at radius 3 is 2.50 bits per heavy atom. The normalized spacial score (nSPS) is 12.0. The Hall–Kier alpha value is -1.04. The molecule has 0 aromatic carbocycles. The molecule has 0 spiro atoms. The van der Waals surface area contributed by atoms with Gasteiger partial charge in [-0.2, -0.15) is 5.26 Å². The molecule has 0 aromatic rings. The standard InChI is InChI=1S/C5H8N2O/c1-2-4(3-6)5(7)8/h4H,2H2,1H3,(H2,7,8). The van der Waals surface area contributed by atoms with E-state index < -0.39 is 11.8 Å². The molecule has 8 heavy (non-hydrogen) atoms. The van der Waals surface area contributed by atoms with Gasteiger partial charge in [-0.25, -0.2) is 0 Å². The molecular formula is C5H8N2O. The lowest BCUT2D eigenvalue weighted by Crippen LogP contribution is -2.20. The molecule has 0 aliphatic carbocycles. The molecule has 0 heterocycles. The van der Waals surface area contributed by atoms with E-state index in [9.17, 15) is 4.79 Å². The van der Waals surface area contributed by atoms with Gasteiger partial charge in [-0.3, -0.25) is 4.79 Å². The third-order valence-corrected chi connectivity index (χ3v) is 0.908. The summed E-state index contributed by atoms with van der Waals surface area (Å²) >= 11 is 0. The minimum Gasteiger partial charge on any atom is -0.369 e. The smallest absolute Gasteiger partial charge is 0.234 e. The molecule has 3 nitrogen and oxygen atoms in total. The van der Waals surface area contributed by atoms with E-state index in [0.29, 0.717) is 6.42 Å². The molecule has 0 saturated heterocycles. The number of nitrogens with zero attached hydrogens (tertiary/aromatic N) is 1. The average Bonchev–Trinajstić information content (AvgIpc) is 1.69. The van der Waals surface area contributed by atoms with Gasteiger partial charge >= 0.3 is 0 Å². The fourth-order valence-corrected chi connectivity index (χ4v) is 0.356. The van der Waals surface area contributed by atoms with Gasteiger partial charge in [0, 0.05) is 0 Å². The van der Waals surface area contributed by atoms with Crippen LogP contribution in [-0.4, -0.2) is 5.91 Å². The van der Waals surface area contributed by atoms with Crippen molar-refractivity contribution in [1.29, 1.82) is 5.26 Å². The predicted molar refractivity (Wildman–Crippen MR) is 28.6 cm³/mol. The zero-order valence-corrected chi connectivity index (χ0v) is 4.72. The van der Waals surface area contributed by atoms with Crippen LogP contribution in [0.3, 0.4) is 0 Å². The maximum Gasteiger partial charge on any atom is 0.234 e. The van der Waals surface area contributed by atoms with Crippen molar-refractivity contribution in [3.05, 3.63) is 0 Å². The zero-order chi connectivity index (χ0) is 6.57. The fraction of sp³-hybridized carbons (Fsp3) is 0.600. The minimum atomic E-state index is -0.602. The molecule has 2 N–H and O–H groups in total. The molecular weight excluding hydrogens is 104 g/mol. The van der Waals surface area contributed by atoms with Crippen LogP contribution < -0.4 is 5.73 Å². The van der Waals surface area contributed by atoms with E-state index in [0.717, 1.165) is 0 Å². The molecule has 1 unspecified atom stereocenters. The maximum atomic E-state index is 10.2. The van der Waals surface area contributed by atoms with Crippen LogP contribution in [-0.2, 0) is 4.79 Å². The SMILES string of the molecule is CCC(C#N)C(N)=O. The van der Waals surface area contributed by atoms with E-state index in [4.69, 9.17) is 11.0 Å². The minimum absolute atomic E-state index is 0.506. The summed E-state index contributed by atoms with van der Waals surface area (Å²) in [6.07, 6.45) is 0.506. The van der Waals surface area contributed by atoms with Crippen molar-refractivity contribution < 1.29 is 4.79 Å². The number of rotatable bonds is 2. The van der Waals surface area contributed by atoms with Crippen LogP contribution >= 0.6 is 0 Å². The van der Waals surface area contributed by atoms with Crippen molar-refractivity contribution in [2.75, 3.05) is 0 Å². The number of nitrogens with two attached hydrogens (primary N) is 1. The fourth-order valence-electron chi connectivity index (χ4n) is 0.356. The summed E-state index contributed by atoms with van der Waals surface area (Å²) in [5.74, 6) is -1.13. The van der Waals surface area contributed by atoms with E-state index >= 15 is 0 Å². The van der Waals surface area contributed by atoms with Gasteiger partial charge in [0.25, 0.3) is 0 Å². The van der Waals surface area contributed by atoms with Crippen molar-refractivity contribution in [3.8, 4) is 6.07 Å². The highest BCUT2D eigenvalue weighted by Crippen LogP contribution is 1.96. The molecule has 0 saturated carbocycles. The van der Waals surface area contributed by atoms with Gasteiger partial charge in [0.2, 0.25) is 5.91 Å². The quantitative estimate of drug-likeness (QED) is 0.547. The number of carbonyl (C=O) groups excluding carboxylic acids is 1. The van der Waals surface area contributed by atoms with Crippen molar-refractivity contribution >= 4 is 5.91 Å². The highest BCUT2D eigenvalue weighted by Gasteiger charge is 2.09. The summed E-state index contributed by atoms with van der Waals surface area (Å²) < 4.78 is 0. The number of nitriles is 1. The van der Waals surface area contributed by atoms with E-state index in [1.165, 1.54) is 0 Å². The van der Waals surface area contributed by atoms with Gasteiger partial charge in [0.05, 0.1) is 6.07 Å². The zero-order valence-electron chi connectivity index (χ0n) is 4.72. The summed E-state index contributed by atoms with van der Waals surface area (Å²) in [7, 11) is 0. The summed E-state index contributed by atoms with van der Waals surface area (Å²) in [4.78, 5) is 10.2. The van der Waals surface area contributed by atoms with Gasteiger partial charge in [0.15, 0.2) is 0 Å². The van der Waals surface area contributed by atoms with Crippen LogP contribution in [0, 0.1) is 17.2 Å². The average molecular weight is 112 g/mol. The van der Waals surface area contributed by atoms with Crippen molar-refractivity contribution in [2.24, 2.45) is 11.7 Å². The highest BCUT2D eigenvalue weighted by molar-refractivity contribution is 5.78. The molecule has 1 atom stereocenters. The largest absolute Gasteiger partial charge is 0.369 e. The van der Waals surface area contributed by atoms with Gasteiger partial charge in [-0.1, -0.05) is 6.92 Å². The molecule has 0 aliphatic rings. The van der Waals surface area contributed by atoms with Crippen molar-refractivity contribution in [2.45, 2.75) is 13.3 Å². The Labute approximate surface area is 48.1 Å². The Morgan fingerprint density at radius 1 is 2.00 bits per heavy atom. The van der Waals surface area contributed by atoms with Crippen LogP contribution in [0.1, 0.15) is 13.3 Å². The monoisotopic (exact) mass is 112 g/mol. The first-order chi connectivity index (χ1) is 3.72. The Balaban J connectivity index is 3.76. The van der Waals surface area contributed by atoms with Crippen LogP contribution in [0.2, 0.25) is 0 Å². The molecule has 1 amide bonds. The molecule has 3 heteroatoms. The van der Waals surface area contributed by atoms with Gasteiger partial charge in [0.1, 0.15) is 5.92 Å². The first-order valence-corrected chi connectivity index (χ1v) is 2.41. The first kappa shape index (κ1) is 6.96. The van der Waals surface area contributed by atoms with Crippen LogP contribution in [0.4, 0.5) is 0 Å². The first-order valence-electron chi connectivity index (χ1n) is 2.41. The van der Waals surface area contributed by atoms with Crippen molar-refractivity contribution in [1.82, 2.24) is 0 Å². The predicted octanol–water partition coefficient (Wildman–Crippen LogP) is 0.0215. The number of carbonyl (C=O) groups is 1. The van der Waals surface area contributed by atoms with E-state index in [1.807, 2.05) is 0 Å².